The lowest BCUT2D eigenvalue weighted by Crippen LogP contribution is -2.56. The normalized spacial score (nSPS) is 18.8. The van der Waals surface area contributed by atoms with Crippen molar-refractivity contribution in [1.82, 2.24) is 9.88 Å². The number of carbonyl (C=O) groups is 1. The van der Waals surface area contributed by atoms with Crippen LogP contribution < -0.4 is 10.5 Å². The summed E-state index contributed by atoms with van der Waals surface area (Å²) in [6.07, 6.45) is 1.73. The number of piperidine rings is 1. The maximum atomic E-state index is 11.2. The number of likely N-dealkylation sites (tertiary alicyclic amines) is 1. The summed E-state index contributed by atoms with van der Waals surface area (Å²) in [5, 5.41) is 20.8. The van der Waals surface area contributed by atoms with Crippen LogP contribution in [0.5, 0.6) is 5.75 Å². The molecule has 0 saturated carbocycles. The third-order valence-electron chi connectivity index (χ3n) is 4.95. The van der Waals surface area contributed by atoms with Crippen LogP contribution in [0, 0.1) is 0 Å². The largest absolute Gasteiger partial charge is 0.497 e. The lowest BCUT2D eigenvalue weighted by molar-refractivity contribution is -0.145. The molecule has 1 aliphatic rings. The van der Waals surface area contributed by atoms with Crippen molar-refractivity contribution in [3.8, 4) is 5.75 Å². The Morgan fingerprint density at radius 3 is 2.76 bits per heavy atom. The molecule has 3 rings (SSSR count). The van der Waals surface area contributed by atoms with E-state index in [0.29, 0.717) is 38.2 Å². The number of carboxylic acid groups (broad SMARTS) is 1. The monoisotopic (exact) mass is 345 g/mol. The maximum Gasteiger partial charge on any atom is 0.323 e. The highest BCUT2D eigenvalue weighted by atomic mass is 16.5. The quantitative estimate of drug-likeness (QED) is 0.746. The van der Waals surface area contributed by atoms with Gasteiger partial charge in [-0.2, -0.15) is 0 Å². The van der Waals surface area contributed by atoms with Crippen LogP contribution >= 0.6 is 0 Å². The Labute approximate surface area is 146 Å². The van der Waals surface area contributed by atoms with Crippen LogP contribution in [-0.2, 0) is 4.79 Å². The number of hydrogen-bond donors (Lipinski definition) is 3. The fourth-order valence-corrected chi connectivity index (χ4v) is 3.26. The molecule has 1 saturated heterocycles. The van der Waals surface area contributed by atoms with E-state index in [2.05, 4.69) is 4.98 Å². The third-order valence-corrected chi connectivity index (χ3v) is 4.95. The molecule has 0 radical (unpaired) electrons. The van der Waals surface area contributed by atoms with Crippen LogP contribution in [0.15, 0.2) is 30.5 Å². The van der Waals surface area contributed by atoms with Crippen molar-refractivity contribution in [1.29, 1.82) is 0 Å². The predicted molar refractivity (Wildman–Crippen MR) is 93.5 cm³/mol. The topological polar surface area (TPSA) is 109 Å². The van der Waals surface area contributed by atoms with Gasteiger partial charge in [-0.15, -0.1) is 0 Å². The van der Waals surface area contributed by atoms with Crippen molar-refractivity contribution < 1.29 is 19.7 Å². The molecule has 1 aliphatic heterocycles. The molecule has 0 amide bonds. The minimum absolute atomic E-state index is 0.375. The van der Waals surface area contributed by atoms with E-state index in [-0.39, 0.29) is 0 Å². The molecule has 0 unspecified atom stereocenters. The molecule has 0 spiro atoms. The molecule has 2 heterocycles. The summed E-state index contributed by atoms with van der Waals surface area (Å²) >= 11 is 0. The molecule has 0 aliphatic carbocycles. The molecule has 7 heteroatoms. The summed E-state index contributed by atoms with van der Waals surface area (Å²) in [5.74, 6) is -0.249. The molecule has 134 valence electrons. The highest BCUT2D eigenvalue weighted by Crippen LogP contribution is 2.28. The number of hydrogen-bond acceptors (Lipinski definition) is 6. The second kappa shape index (κ2) is 6.95. The van der Waals surface area contributed by atoms with E-state index in [9.17, 15) is 15.0 Å². The van der Waals surface area contributed by atoms with E-state index < -0.39 is 17.6 Å². The summed E-state index contributed by atoms with van der Waals surface area (Å²) in [6, 6.07) is 7.37. The Morgan fingerprint density at radius 1 is 1.40 bits per heavy atom. The van der Waals surface area contributed by atoms with Crippen LogP contribution in [0.25, 0.3) is 10.9 Å². The predicted octanol–water partition coefficient (Wildman–Crippen LogP) is 1.15. The van der Waals surface area contributed by atoms with Gasteiger partial charge in [-0.1, -0.05) is 0 Å². The average molecular weight is 345 g/mol. The van der Waals surface area contributed by atoms with Gasteiger partial charge in [-0.05, 0) is 42.7 Å². The van der Waals surface area contributed by atoms with E-state index in [1.54, 1.807) is 19.4 Å². The number of rotatable bonds is 5. The Morgan fingerprint density at radius 2 is 2.12 bits per heavy atom. The molecule has 25 heavy (non-hydrogen) atoms. The minimum Gasteiger partial charge on any atom is -0.497 e. The number of methoxy groups -OCH3 is 1. The van der Waals surface area contributed by atoms with Gasteiger partial charge in [0.1, 0.15) is 11.3 Å². The van der Waals surface area contributed by atoms with E-state index in [4.69, 9.17) is 10.5 Å². The van der Waals surface area contributed by atoms with Crippen molar-refractivity contribution in [2.75, 3.05) is 26.7 Å². The van der Waals surface area contributed by atoms with Gasteiger partial charge in [-0.25, -0.2) is 0 Å². The van der Waals surface area contributed by atoms with E-state index >= 15 is 0 Å². The SMILES string of the molecule is COc1ccc2nccc([C@@H](O)CN3CCC(N)(C(=O)O)CC3)c2c1. The number of benzene rings is 1. The molecule has 4 N–H and O–H groups in total. The number of aromatic nitrogens is 1. The van der Waals surface area contributed by atoms with E-state index in [1.807, 2.05) is 23.1 Å². The molecule has 7 nitrogen and oxygen atoms in total. The summed E-state index contributed by atoms with van der Waals surface area (Å²) in [4.78, 5) is 17.6. The number of aliphatic hydroxyl groups excluding tert-OH is 1. The van der Waals surface area contributed by atoms with Gasteiger partial charge in [0, 0.05) is 31.2 Å². The van der Waals surface area contributed by atoms with Crippen LogP contribution in [0.3, 0.4) is 0 Å². The van der Waals surface area contributed by atoms with Gasteiger partial charge in [0.25, 0.3) is 0 Å². The molecule has 1 atom stereocenters. The fourth-order valence-electron chi connectivity index (χ4n) is 3.26. The second-order valence-corrected chi connectivity index (χ2v) is 6.56. The number of β-amino-alcohol motifs (C(OH)–C–C–N with tert-alkyl or cyclic N) is 1. The second-order valence-electron chi connectivity index (χ2n) is 6.56. The van der Waals surface area contributed by atoms with Crippen molar-refractivity contribution in [3.63, 3.8) is 0 Å². The standard InChI is InChI=1S/C18H23N3O4/c1-25-12-2-3-15-14(10-12)13(4-7-20-15)16(22)11-21-8-5-18(19,6-9-21)17(23)24/h2-4,7,10,16,22H,5-6,8-9,11,19H2,1H3,(H,23,24)/t16-/m0/s1. The molecular formula is C18H23N3O4. The highest BCUT2D eigenvalue weighted by Gasteiger charge is 2.37. The summed E-state index contributed by atoms with van der Waals surface area (Å²) < 4.78 is 5.26. The number of pyridine rings is 1. The first-order valence-corrected chi connectivity index (χ1v) is 8.28. The molecule has 2 aromatic rings. The van der Waals surface area contributed by atoms with Gasteiger partial charge in [-0.3, -0.25) is 9.78 Å². The number of aliphatic hydroxyl groups is 1. The zero-order valence-electron chi connectivity index (χ0n) is 14.2. The molecule has 1 aromatic carbocycles. The lowest BCUT2D eigenvalue weighted by atomic mass is 9.88. The van der Waals surface area contributed by atoms with Crippen molar-refractivity contribution >= 4 is 16.9 Å². The van der Waals surface area contributed by atoms with Gasteiger partial charge in [0.15, 0.2) is 0 Å². The zero-order chi connectivity index (χ0) is 18.0. The summed E-state index contributed by atoms with van der Waals surface area (Å²) in [6.45, 7) is 1.52. The number of nitrogens with zero attached hydrogens (tertiary/aromatic N) is 2. The van der Waals surface area contributed by atoms with Gasteiger partial charge in [0.2, 0.25) is 0 Å². The summed E-state index contributed by atoms with van der Waals surface area (Å²) in [5.41, 5.74) is 6.33. The molecule has 1 aromatic heterocycles. The smallest absolute Gasteiger partial charge is 0.323 e. The van der Waals surface area contributed by atoms with Crippen LogP contribution in [-0.4, -0.2) is 58.3 Å². The first kappa shape index (κ1) is 17.6. The van der Waals surface area contributed by atoms with Gasteiger partial charge >= 0.3 is 5.97 Å². The van der Waals surface area contributed by atoms with Crippen molar-refractivity contribution in [2.24, 2.45) is 5.73 Å². The lowest BCUT2D eigenvalue weighted by Gasteiger charge is -2.37. The number of fused-ring (bicyclic) bond motifs is 1. The number of nitrogens with two attached hydrogens (primary N) is 1. The molecular weight excluding hydrogens is 322 g/mol. The van der Waals surface area contributed by atoms with Crippen LogP contribution in [0.1, 0.15) is 24.5 Å². The number of carboxylic acids is 1. The fraction of sp³-hybridized carbons (Fsp3) is 0.444. The third kappa shape index (κ3) is 3.58. The Kier molecular flexibility index (Phi) is 4.89. The Balaban J connectivity index is 1.75. The Hall–Kier alpha value is -2.22. The van der Waals surface area contributed by atoms with Crippen LogP contribution in [0.2, 0.25) is 0 Å². The highest BCUT2D eigenvalue weighted by molar-refractivity contribution is 5.83. The average Bonchev–Trinajstić information content (AvgIpc) is 2.62. The van der Waals surface area contributed by atoms with E-state index in [1.165, 1.54) is 0 Å². The van der Waals surface area contributed by atoms with Crippen molar-refractivity contribution in [3.05, 3.63) is 36.0 Å². The first-order chi connectivity index (χ1) is 11.9. The maximum absolute atomic E-state index is 11.2. The molecule has 1 fully saturated rings. The van der Waals surface area contributed by atoms with E-state index in [0.717, 1.165) is 16.5 Å². The Bertz CT molecular complexity index is 772. The first-order valence-electron chi connectivity index (χ1n) is 8.28. The zero-order valence-corrected chi connectivity index (χ0v) is 14.2. The summed E-state index contributed by atoms with van der Waals surface area (Å²) in [7, 11) is 1.60. The van der Waals surface area contributed by atoms with Crippen LogP contribution in [0.4, 0.5) is 0 Å². The van der Waals surface area contributed by atoms with Gasteiger partial charge in [0.05, 0.1) is 18.7 Å². The van der Waals surface area contributed by atoms with Gasteiger partial charge < -0.3 is 25.6 Å². The minimum atomic E-state index is -1.15. The van der Waals surface area contributed by atoms with Crippen molar-refractivity contribution in [2.45, 2.75) is 24.5 Å². The number of ether oxygens (including phenoxy) is 1. The molecule has 0 bridgehead atoms. The number of aliphatic carboxylic acids is 1.